The molecule has 0 aliphatic carbocycles. The Kier molecular flexibility index (Phi) is 4.52. The van der Waals surface area contributed by atoms with E-state index < -0.39 is 0 Å². The van der Waals surface area contributed by atoms with Gasteiger partial charge < -0.3 is 10.5 Å². The quantitative estimate of drug-likeness (QED) is 0.851. The molecular formula is C14H20N4O. The normalized spacial score (nSPS) is 12.4. The SMILES string of the molecule is COc1ccc(CCC(N)Cc2cn(C)nn2)cc1. The van der Waals surface area contributed by atoms with Crippen LogP contribution in [-0.4, -0.2) is 28.1 Å². The number of benzene rings is 1. The van der Waals surface area contributed by atoms with Gasteiger partial charge in [-0.25, -0.2) is 0 Å². The van der Waals surface area contributed by atoms with E-state index in [9.17, 15) is 0 Å². The Labute approximate surface area is 113 Å². The Balaban J connectivity index is 1.80. The molecule has 1 unspecified atom stereocenters. The zero-order valence-corrected chi connectivity index (χ0v) is 11.4. The van der Waals surface area contributed by atoms with Gasteiger partial charge in [-0.1, -0.05) is 17.3 Å². The van der Waals surface area contributed by atoms with E-state index in [1.807, 2.05) is 25.4 Å². The third-order valence-corrected chi connectivity index (χ3v) is 3.08. The average molecular weight is 260 g/mol. The molecule has 0 saturated carbocycles. The summed E-state index contributed by atoms with van der Waals surface area (Å²) in [6.07, 6.45) is 4.57. The Morgan fingerprint density at radius 3 is 2.63 bits per heavy atom. The highest BCUT2D eigenvalue weighted by Gasteiger charge is 2.07. The van der Waals surface area contributed by atoms with Gasteiger partial charge in [-0.3, -0.25) is 4.68 Å². The van der Waals surface area contributed by atoms with E-state index in [4.69, 9.17) is 10.5 Å². The second-order valence-electron chi connectivity index (χ2n) is 4.73. The summed E-state index contributed by atoms with van der Waals surface area (Å²) in [5.41, 5.74) is 8.34. The lowest BCUT2D eigenvalue weighted by Gasteiger charge is -2.09. The first-order valence-corrected chi connectivity index (χ1v) is 6.41. The number of aryl methyl sites for hydroxylation is 2. The summed E-state index contributed by atoms with van der Waals surface area (Å²) < 4.78 is 6.83. The van der Waals surface area contributed by atoms with E-state index >= 15 is 0 Å². The van der Waals surface area contributed by atoms with Gasteiger partial charge in [0.1, 0.15) is 5.75 Å². The fraction of sp³-hybridized carbons (Fsp3) is 0.429. The van der Waals surface area contributed by atoms with E-state index in [0.717, 1.165) is 30.7 Å². The lowest BCUT2D eigenvalue weighted by molar-refractivity contribution is 0.414. The minimum Gasteiger partial charge on any atom is -0.497 e. The molecule has 0 fully saturated rings. The molecular weight excluding hydrogens is 240 g/mol. The molecule has 5 nitrogen and oxygen atoms in total. The predicted molar refractivity (Wildman–Crippen MR) is 74.0 cm³/mol. The lowest BCUT2D eigenvalue weighted by Crippen LogP contribution is -2.23. The first-order valence-electron chi connectivity index (χ1n) is 6.41. The molecule has 0 amide bonds. The van der Waals surface area contributed by atoms with Crippen LogP contribution in [0.4, 0.5) is 0 Å². The van der Waals surface area contributed by atoms with Crippen molar-refractivity contribution < 1.29 is 4.74 Å². The summed E-state index contributed by atoms with van der Waals surface area (Å²) in [6.45, 7) is 0. The van der Waals surface area contributed by atoms with E-state index in [-0.39, 0.29) is 6.04 Å². The Bertz CT molecular complexity index is 506. The summed E-state index contributed by atoms with van der Waals surface area (Å²) in [5.74, 6) is 0.882. The van der Waals surface area contributed by atoms with Gasteiger partial charge in [-0.2, -0.15) is 0 Å². The zero-order chi connectivity index (χ0) is 13.7. The van der Waals surface area contributed by atoms with Crippen molar-refractivity contribution in [2.75, 3.05) is 7.11 Å². The molecule has 1 heterocycles. The van der Waals surface area contributed by atoms with Crippen molar-refractivity contribution >= 4 is 0 Å². The van der Waals surface area contributed by atoms with E-state index in [2.05, 4.69) is 22.4 Å². The molecule has 0 radical (unpaired) electrons. The minimum atomic E-state index is 0.110. The van der Waals surface area contributed by atoms with Gasteiger partial charge in [-0.05, 0) is 30.5 Å². The third-order valence-electron chi connectivity index (χ3n) is 3.08. The van der Waals surface area contributed by atoms with Crippen molar-refractivity contribution in [1.82, 2.24) is 15.0 Å². The number of nitrogens with two attached hydrogens (primary N) is 1. The monoisotopic (exact) mass is 260 g/mol. The van der Waals surface area contributed by atoms with Gasteiger partial charge in [0.05, 0.1) is 12.8 Å². The van der Waals surface area contributed by atoms with Gasteiger partial charge >= 0.3 is 0 Å². The molecule has 2 aromatic rings. The van der Waals surface area contributed by atoms with Crippen LogP contribution in [0.15, 0.2) is 30.5 Å². The highest BCUT2D eigenvalue weighted by molar-refractivity contribution is 5.27. The maximum Gasteiger partial charge on any atom is 0.118 e. The third kappa shape index (κ3) is 4.06. The zero-order valence-electron chi connectivity index (χ0n) is 11.4. The number of aromatic nitrogens is 3. The maximum atomic E-state index is 6.12. The molecule has 1 aromatic carbocycles. The highest BCUT2D eigenvalue weighted by atomic mass is 16.5. The van der Waals surface area contributed by atoms with Gasteiger partial charge in [0.25, 0.3) is 0 Å². The second-order valence-corrected chi connectivity index (χ2v) is 4.73. The van der Waals surface area contributed by atoms with Gasteiger partial charge in [0.2, 0.25) is 0 Å². The maximum absolute atomic E-state index is 6.12. The van der Waals surface area contributed by atoms with Crippen molar-refractivity contribution in [3.63, 3.8) is 0 Å². The number of methoxy groups -OCH3 is 1. The fourth-order valence-electron chi connectivity index (χ4n) is 2.00. The Morgan fingerprint density at radius 1 is 1.32 bits per heavy atom. The van der Waals surface area contributed by atoms with E-state index in [0.29, 0.717) is 0 Å². The van der Waals surface area contributed by atoms with Crippen LogP contribution >= 0.6 is 0 Å². The lowest BCUT2D eigenvalue weighted by atomic mass is 10.0. The largest absolute Gasteiger partial charge is 0.497 e. The number of rotatable bonds is 6. The van der Waals surface area contributed by atoms with Crippen LogP contribution in [0, 0.1) is 0 Å². The van der Waals surface area contributed by atoms with E-state index in [1.54, 1.807) is 11.8 Å². The highest BCUT2D eigenvalue weighted by Crippen LogP contribution is 2.13. The second kappa shape index (κ2) is 6.33. The van der Waals surface area contributed by atoms with Gasteiger partial charge in [0.15, 0.2) is 0 Å². The molecule has 0 saturated heterocycles. The molecule has 0 aliphatic heterocycles. The topological polar surface area (TPSA) is 66.0 Å². The number of ether oxygens (including phenoxy) is 1. The van der Waals surface area contributed by atoms with Crippen LogP contribution in [0.25, 0.3) is 0 Å². The van der Waals surface area contributed by atoms with Crippen molar-refractivity contribution in [1.29, 1.82) is 0 Å². The summed E-state index contributed by atoms with van der Waals surface area (Å²) in [5, 5.41) is 7.95. The summed E-state index contributed by atoms with van der Waals surface area (Å²) >= 11 is 0. The predicted octanol–water partition coefficient (Wildman–Crippen LogP) is 1.33. The number of hydrogen-bond acceptors (Lipinski definition) is 4. The molecule has 1 atom stereocenters. The van der Waals surface area contributed by atoms with Gasteiger partial charge in [0, 0.05) is 25.7 Å². The van der Waals surface area contributed by atoms with Crippen LogP contribution in [0.2, 0.25) is 0 Å². The molecule has 0 aliphatic rings. The molecule has 2 N–H and O–H groups in total. The van der Waals surface area contributed by atoms with Crippen LogP contribution in [-0.2, 0) is 19.9 Å². The Morgan fingerprint density at radius 2 is 2.05 bits per heavy atom. The van der Waals surface area contributed by atoms with Crippen molar-refractivity contribution in [2.45, 2.75) is 25.3 Å². The molecule has 0 spiro atoms. The number of nitrogens with zero attached hydrogens (tertiary/aromatic N) is 3. The summed E-state index contributed by atoms with van der Waals surface area (Å²) in [6, 6.07) is 8.22. The van der Waals surface area contributed by atoms with Gasteiger partial charge in [-0.15, -0.1) is 5.10 Å². The molecule has 102 valence electrons. The summed E-state index contributed by atoms with van der Waals surface area (Å²) in [7, 11) is 3.53. The standard InChI is InChI=1S/C14H20N4O/c1-18-10-13(16-17-18)9-12(15)6-3-11-4-7-14(19-2)8-5-11/h4-5,7-8,10,12H,3,6,9,15H2,1-2H3. The Hall–Kier alpha value is -1.88. The molecule has 19 heavy (non-hydrogen) atoms. The van der Waals surface area contributed by atoms with Crippen molar-refractivity contribution in [2.24, 2.45) is 12.8 Å². The van der Waals surface area contributed by atoms with E-state index in [1.165, 1.54) is 5.56 Å². The van der Waals surface area contributed by atoms with Crippen LogP contribution in [0.5, 0.6) is 5.75 Å². The number of hydrogen-bond donors (Lipinski definition) is 1. The molecule has 5 heteroatoms. The van der Waals surface area contributed by atoms with Crippen LogP contribution in [0.3, 0.4) is 0 Å². The molecule has 1 aromatic heterocycles. The van der Waals surface area contributed by atoms with Crippen LogP contribution < -0.4 is 10.5 Å². The van der Waals surface area contributed by atoms with Crippen molar-refractivity contribution in [3.8, 4) is 5.75 Å². The summed E-state index contributed by atoms with van der Waals surface area (Å²) in [4.78, 5) is 0. The molecule has 0 bridgehead atoms. The molecule has 2 rings (SSSR count). The minimum absolute atomic E-state index is 0.110. The first kappa shape index (κ1) is 13.5. The fourth-order valence-corrected chi connectivity index (χ4v) is 2.00. The van der Waals surface area contributed by atoms with Crippen LogP contribution in [0.1, 0.15) is 17.7 Å². The van der Waals surface area contributed by atoms with Crippen molar-refractivity contribution in [3.05, 3.63) is 41.7 Å². The average Bonchev–Trinajstić information content (AvgIpc) is 2.82. The first-order chi connectivity index (χ1) is 9.17. The smallest absolute Gasteiger partial charge is 0.118 e.